The van der Waals surface area contributed by atoms with E-state index in [1.165, 1.54) is 22.0 Å². The highest BCUT2D eigenvalue weighted by Gasteiger charge is 2.24. The average Bonchev–Trinajstić information content (AvgIpc) is 2.83. The van der Waals surface area contributed by atoms with Gasteiger partial charge in [0.05, 0.1) is 9.67 Å². The number of aryl methyl sites for hydroxylation is 1. The van der Waals surface area contributed by atoms with Crippen molar-refractivity contribution in [2.24, 2.45) is 0 Å². The third-order valence-corrected chi connectivity index (χ3v) is 3.36. The van der Waals surface area contributed by atoms with Crippen LogP contribution in [-0.4, -0.2) is 6.10 Å². The van der Waals surface area contributed by atoms with Crippen LogP contribution in [0.25, 0.3) is 0 Å². The monoisotopic (exact) mass is 274 g/mol. The molecule has 0 radical (unpaired) electrons. The zero-order valence-corrected chi connectivity index (χ0v) is 9.17. The molecular weight excluding hydrogens is 263 g/mol. The average molecular weight is 274 g/mol. The molecule has 0 atom stereocenters. The number of halogens is 1. The van der Waals surface area contributed by atoms with Gasteiger partial charge in [-0.2, -0.15) is 0 Å². The van der Waals surface area contributed by atoms with Crippen molar-refractivity contribution in [2.75, 3.05) is 0 Å². The van der Waals surface area contributed by atoms with E-state index in [-0.39, 0.29) is 0 Å². The Balaban J connectivity index is 2.23. The Hall–Kier alpha value is -0.250. The Kier molecular flexibility index (Phi) is 2.26. The van der Waals surface area contributed by atoms with Crippen LogP contribution in [0.15, 0.2) is 18.2 Å². The Morgan fingerprint density at radius 1 is 1.42 bits per heavy atom. The quantitative estimate of drug-likeness (QED) is 0.753. The Morgan fingerprint density at radius 3 is 2.83 bits per heavy atom. The molecule has 0 heterocycles. The lowest BCUT2D eigenvalue weighted by atomic mass is 10.2. The van der Waals surface area contributed by atoms with Crippen molar-refractivity contribution in [2.45, 2.75) is 25.9 Å². The van der Waals surface area contributed by atoms with Crippen molar-refractivity contribution in [1.29, 1.82) is 0 Å². The fourth-order valence-electron chi connectivity index (χ4n) is 1.08. The van der Waals surface area contributed by atoms with Crippen LogP contribution in [0.1, 0.15) is 18.4 Å². The molecule has 0 aromatic heterocycles. The molecule has 1 aromatic carbocycles. The van der Waals surface area contributed by atoms with E-state index in [0.29, 0.717) is 6.10 Å². The Morgan fingerprint density at radius 2 is 2.17 bits per heavy atom. The third-order valence-electron chi connectivity index (χ3n) is 1.97. The van der Waals surface area contributed by atoms with Crippen LogP contribution in [0.4, 0.5) is 0 Å². The minimum absolute atomic E-state index is 0.500. The molecule has 1 aliphatic rings. The molecule has 1 aromatic rings. The predicted molar refractivity (Wildman–Crippen MR) is 57.5 cm³/mol. The van der Waals surface area contributed by atoms with Crippen LogP contribution in [0.3, 0.4) is 0 Å². The molecule has 0 amide bonds. The second-order valence-electron chi connectivity index (χ2n) is 3.20. The Labute approximate surface area is 86.3 Å². The number of rotatable bonds is 2. The van der Waals surface area contributed by atoms with Gasteiger partial charge < -0.3 is 4.74 Å². The molecule has 12 heavy (non-hydrogen) atoms. The van der Waals surface area contributed by atoms with Gasteiger partial charge in [-0.15, -0.1) is 0 Å². The largest absolute Gasteiger partial charge is 0.489 e. The van der Waals surface area contributed by atoms with Crippen LogP contribution in [-0.2, 0) is 0 Å². The van der Waals surface area contributed by atoms with E-state index in [4.69, 9.17) is 4.74 Å². The summed E-state index contributed by atoms with van der Waals surface area (Å²) in [4.78, 5) is 0. The van der Waals surface area contributed by atoms with Gasteiger partial charge >= 0.3 is 0 Å². The Bertz CT molecular complexity index is 292. The summed E-state index contributed by atoms with van der Waals surface area (Å²) < 4.78 is 6.98. The molecule has 0 bridgehead atoms. The van der Waals surface area contributed by atoms with Gasteiger partial charge in [0, 0.05) is 0 Å². The standard InChI is InChI=1S/C10H11IO/c1-7-3-2-4-9(10(7)11)12-8-5-6-8/h2-4,8H,5-6H2,1H3. The summed E-state index contributed by atoms with van der Waals surface area (Å²) in [6.45, 7) is 2.11. The molecule has 1 fully saturated rings. The van der Waals surface area contributed by atoms with Gasteiger partial charge in [-0.05, 0) is 54.0 Å². The molecule has 64 valence electrons. The van der Waals surface area contributed by atoms with Gasteiger partial charge in [-0.1, -0.05) is 12.1 Å². The van der Waals surface area contributed by atoms with Crippen LogP contribution < -0.4 is 4.74 Å². The summed E-state index contributed by atoms with van der Waals surface area (Å²) in [5, 5.41) is 0. The van der Waals surface area contributed by atoms with E-state index in [1.807, 2.05) is 6.07 Å². The smallest absolute Gasteiger partial charge is 0.133 e. The van der Waals surface area contributed by atoms with Gasteiger partial charge in [0.1, 0.15) is 5.75 Å². The molecule has 0 spiro atoms. The van der Waals surface area contributed by atoms with Crippen LogP contribution in [0, 0.1) is 10.5 Å². The molecule has 0 unspecified atom stereocenters. The van der Waals surface area contributed by atoms with E-state index in [9.17, 15) is 0 Å². The molecule has 2 heteroatoms. The van der Waals surface area contributed by atoms with E-state index in [1.54, 1.807) is 0 Å². The lowest BCUT2D eigenvalue weighted by molar-refractivity contribution is 0.301. The number of benzene rings is 1. The highest BCUT2D eigenvalue weighted by Crippen LogP contribution is 2.31. The number of ether oxygens (including phenoxy) is 1. The van der Waals surface area contributed by atoms with Gasteiger partial charge in [0.25, 0.3) is 0 Å². The van der Waals surface area contributed by atoms with Crippen LogP contribution >= 0.6 is 22.6 Å². The summed E-state index contributed by atoms with van der Waals surface area (Å²) in [5.74, 6) is 1.05. The normalized spacial score (nSPS) is 16.2. The van der Waals surface area contributed by atoms with Crippen molar-refractivity contribution >= 4 is 22.6 Å². The highest BCUT2D eigenvalue weighted by molar-refractivity contribution is 14.1. The van der Waals surface area contributed by atoms with Gasteiger partial charge in [-0.3, -0.25) is 0 Å². The molecule has 1 saturated carbocycles. The highest BCUT2D eigenvalue weighted by atomic mass is 127. The van der Waals surface area contributed by atoms with Gasteiger partial charge in [0.15, 0.2) is 0 Å². The second-order valence-corrected chi connectivity index (χ2v) is 4.28. The first-order valence-corrected chi connectivity index (χ1v) is 5.27. The molecule has 0 aliphatic heterocycles. The lowest BCUT2D eigenvalue weighted by Crippen LogP contribution is -1.98. The van der Waals surface area contributed by atoms with Crippen LogP contribution in [0.5, 0.6) is 5.75 Å². The fourth-order valence-corrected chi connectivity index (χ4v) is 1.56. The summed E-state index contributed by atoms with van der Waals surface area (Å²) in [5.41, 5.74) is 1.30. The maximum atomic E-state index is 5.73. The fraction of sp³-hybridized carbons (Fsp3) is 0.400. The third kappa shape index (κ3) is 1.73. The molecule has 1 aliphatic carbocycles. The predicted octanol–water partition coefficient (Wildman–Crippen LogP) is 3.14. The zero-order valence-electron chi connectivity index (χ0n) is 7.01. The van der Waals surface area contributed by atoms with Crippen molar-refractivity contribution in [3.63, 3.8) is 0 Å². The number of hydrogen-bond donors (Lipinski definition) is 0. The summed E-state index contributed by atoms with van der Waals surface area (Å²) in [7, 11) is 0. The maximum Gasteiger partial charge on any atom is 0.133 e. The van der Waals surface area contributed by atoms with Crippen molar-refractivity contribution < 1.29 is 4.74 Å². The summed E-state index contributed by atoms with van der Waals surface area (Å²) in [6.07, 6.45) is 2.95. The molecule has 1 nitrogen and oxygen atoms in total. The summed E-state index contributed by atoms with van der Waals surface area (Å²) >= 11 is 2.34. The maximum absolute atomic E-state index is 5.73. The minimum Gasteiger partial charge on any atom is -0.489 e. The van der Waals surface area contributed by atoms with E-state index in [2.05, 4.69) is 41.6 Å². The van der Waals surface area contributed by atoms with E-state index in [0.717, 1.165) is 5.75 Å². The molecular formula is C10H11IO. The van der Waals surface area contributed by atoms with Gasteiger partial charge in [-0.25, -0.2) is 0 Å². The van der Waals surface area contributed by atoms with E-state index < -0.39 is 0 Å². The molecule has 2 rings (SSSR count). The molecule has 0 N–H and O–H groups in total. The minimum atomic E-state index is 0.500. The SMILES string of the molecule is Cc1cccc(OC2CC2)c1I. The van der Waals surface area contributed by atoms with E-state index >= 15 is 0 Å². The van der Waals surface area contributed by atoms with Crippen molar-refractivity contribution in [3.05, 3.63) is 27.3 Å². The van der Waals surface area contributed by atoms with Crippen molar-refractivity contribution in [3.8, 4) is 5.75 Å². The first-order valence-electron chi connectivity index (χ1n) is 4.19. The topological polar surface area (TPSA) is 9.23 Å². The van der Waals surface area contributed by atoms with Crippen LogP contribution in [0.2, 0.25) is 0 Å². The number of hydrogen-bond acceptors (Lipinski definition) is 1. The second kappa shape index (κ2) is 3.24. The van der Waals surface area contributed by atoms with Crippen molar-refractivity contribution in [1.82, 2.24) is 0 Å². The summed E-state index contributed by atoms with van der Waals surface area (Å²) in [6, 6.07) is 6.21. The lowest BCUT2D eigenvalue weighted by Gasteiger charge is -2.07. The first kappa shape index (κ1) is 8.35. The zero-order chi connectivity index (χ0) is 8.55. The van der Waals surface area contributed by atoms with Gasteiger partial charge in [0.2, 0.25) is 0 Å². The molecule has 0 saturated heterocycles. The first-order chi connectivity index (χ1) is 5.77.